The van der Waals surface area contributed by atoms with Gasteiger partial charge in [-0.1, -0.05) is 45.0 Å². The average Bonchev–Trinajstić information content (AvgIpc) is 2.97. The number of aliphatic hydroxyl groups excluding tert-OH is 1. The molecule has 0 saturated heterocycles. The molecule has 2 N–H and O–H groups in total. The van der Waals surface area contributed by atoms with Crippen molar-refractivity contribution in [1.29, 1.82) is 0 Å². The van der Waals surface area contributed by atoms with Gasteiger partial charge >= 0.3 is 0 Å². The number of nitrogens with one attached hydrogen (secondary N) is 1. The number of hydrogen-bond acceptors (Lipinski definition) is 4. The number of aliphatic hydroxyl groups is 1. The van der Waals surface area contributed by atoms with Crippen LogP contribution in [0.25, 0.3) is 0 Å². The van der Waals surface area contributed by atoms with Crippen LogP contribution in [0.2, 0.25) is 0 Å². The second-order valence-electron chi connectivity index (χ2n) is 6.26. The van der Waals surface area contributed by atoms with Crippen molar-refractivity contribution in [2.45, 2.75) is 39.2 Å². The predicted octanol–water partition coefficient (Wildman–Crippen LogP) is 2.91. The molecular formula is C17H22N2O2S. The van der Waals surface area contributed by atoms with Crippen LogP contribution in [0.5, 0.6) is 0 Å². The van der Waals surface area contributed by atoms with Gasteiger partial charge in [0.2, 0.25) is 0 Å². The van der Waals surface area contributed by atoms with Gasteiger partial charge in [0.15, 0.2) is 0 Å². The van der Waals surface area contributed by atoms with Crippen LogP contribution < -0.4 is 5.32 Å². The fraction of sp³-hybridized carbons (Fsp3) is 0.412. The molecule has 4 nitrogen and oxygen atoms in total. The molecule has 0 bridgehead atoms. The largest absolute Gasteiger partial charge is 0.392 e. The van der Waals surface area contributed by atoms with E-state index in [9.17, 15) is 4.79 Å². The maximum Gasteiger partial charge on any atom is 0.263 e. The Morgan fingerprint density at radius 1 is 1.23 bits per heavy atom. The van der Waals surface area contributed by atoms with E-state index in [4.69, 9.17) is 5.11 Å². The van der Waals surface area contributed by atoms with E-state index in [0.717, 1.165) is 23.2 Å². The summed E-state index contributed by atoms with van der Waals surface area (Å²) in [5.41, 5.74) is 4.48. The smallest absolute Gasteiger partial charge is 0.263 e. The molecule has 5 heteroatoms. The highest BCUT2D eigenvalue weighted by Crippen LogP contribution is 2.26. The summed E-state index contributed by atoms with van der Waals surface area (Å²) in [6.07, 6.45) is 0.765. The van der Waals surface area contributed by atoms with E-state index in [1.54, 1.807) is 5.51 Å². The van der Waals surface area contributed by atoms with Gasteiger partial charge in [0.1, 0.15) is 4.88 Å². The fourth-order valence-corrected chi connectivity index (χ4v) is 3.07. The Labute approximate surface area is 135 Å². The number of nitrogens with zero attached hydrogens (tertiary/aromatic N) is 1. The number of carbonyl (C=O) groups is 1. The first kappa shape index (κ1) is 16.6. The van der Waals surface area contributed by atoms with Crippen molar-refractivity contribution in [1.82, 2.24) is 10.3 Å². The van der Waals surface area contributed by atoms with Crippen molar-refractivity contribution in [3.63, 3.8) is 0 Å². The highest BCUT2D eigenvalue weighted by molar-refractivity contribution is 7.11. The molecule has 1 aromatic heterocycles. The lowest BCUT2D eigenvalue weighted by atomic mass is 9.91. The SMILES string of the molecule is CC(C)(C)c1ncsc1C(=O)NCCc1ccc(CO)cc1. The Balaban J connectivity index is 1.92. The molecule has 0 atom stereocenters. The van der Waals surface area contributed by atoms with Crippen LogP contribution in [-0.4, -0.2) is 22.5 Å². The van der Waals surface area contributed by atoms with Gasteiger partial charge in [-0.15, -0.1) is 11.3 Å². The Morgan fingerprint density at radius 2 is 1.86 bits per heavy atom. The van der Waals surface area contributed by atoms with Gasteiger partial charge in [-0.25, -0.2) is 4.98 Å². The maximum absolute atomic E-state index is 12.3. The quantitative estimate of drug-likeness (QED) is 0.891. The summed E-state index contributed by atoms with van der Waals surface area (Å²) in [4.78, 5) is 17.3. The zero-order valence-corrected chi connectivity index (χ0v) is 14.0. The van der Waals surface area contributed by atoms with Crippen LogP contribution >= 0.6 is 11.3 Å². The lowest BCUT2D eigenvalue weighted by Crippen LogP contribution is -2.27. The van der Waals surface area contributed by atoms with Gasteiger partial charge in [0.05, 0.1) is 17.8 Å². The summed E-state index contributed by atoms with van der Waals surface area (Å²) in [5.74, 6) is -0.0561. The van der Waals surface area contributed by atoms with Gasteiger partial charge in [0.25, 0.3) is 5.91 Å². The Bertz CT molecular complexity index is 627. The zero-order chi connectivity index (χ0) is 16.2. The third-order valence-corrected chi connectivity index (χ3v) is 4.21. The second kappa shape index (κ2) is 7.03. The molecule has 0 aliphatic carbocycles. The number of aromatic nitrogens is 1. The average molecular weight is 318 g/mol. The van der Waals surface area contributed by atoms with Gasteiger partial charge in [-0.2, -0.15) is 0 Å². The number of amides is 1. The molecule has 118 valence electrons. The minimum Gasteiger partial charge on any atom is -0.392 e. The number of thiazole rings is 1. The van der Waals surface area contributed by atoms with Crippen molar-refractivity contribution < 1.29 is 9.90 Å². The van der Waals surface area contributed by atoms with E-state index in [2.05, 4.69) is 31.1 Å². The van der Waals surface area contributed by atoms with Crippen LogP contribution in [-0.2, 0) is 18.4 Å². The molecule has 1 aromatic carbocycles. The van der Waals surface area contributed by atoms with Crippen molar-refractivity contribution in [2.24, 2.45) is 0 Å². The van der Waals surface area contributed by atoms with Crippen LogP contribution in [0, 0.1) is 0 Å². The lowest BCUT2D eigenvalue weighted by Gasteiger charge is -2.17. The second-order valence-corrected chi connectivity index (χ2v) is 7.12. The first-order valence-electron chi connectivity index (χ1n) is 7.32. The number of benzene rings is 1. The zero-order valence-electron chi connectivity index (χ0n) is 13.2. The topological polar surface area (TPSA) is 62.2 Å². The normalized spacial score (nSPS) is 11.5. The van der Waals surface area contributed by atoms with E-state index in [-0.39, 0.29) is 17.9 Å². The molecule has 0 aliphatic heterocycles. The summed E-state index contributed by atoms with van der Waals surface area (Å²) < 4.78 is 0. The first-order chi connectivity index (χ1) is 10.4. The summed E-state index contributed by atoms with van der Waals surface area (Å²) >= 11 is 1.38. The third kappa shape index (κ3) is 4.15. The van der Waals surface area contributed by atoms with E-state index in [1.807, 2.05) is 24.3 Å². The molecule has 0 saturated carbocycles. The highest BCUT2D eigenvalue weighted by Gasteiger charge is 2.24. The van der Waals surface area contributed by atoms with E-state index in [0.29, 0.717) is 11.4 Å². The Morgan fingerprint density at radius 3 is 2.45 bits per heavy atom. The summed E-state index contributed by atoms with van der Waals surface area (Å²) in [5, 5.41) is 12.0. The van der Waals surface area contributed by atoms with Crippen LogP contribution in [0.4, 0.5) is 0 Å². The molecule has 0 aliphatic rings. The van der Waals surface area contributed by atoms with Crippen LogP contribution in [0.15, 0.2) is 29.8 Å². The van der Waals surface area contributed by atoms with Crippen molar-refractivity contribution in [3.05, 3.63) is 51.5 Å². The Hall–Kier alpha value is -1.72. The molecule has 1 amide bonds. The maximum atomic E-state index is 12.3. The minimum atomic E-state index is -0.132. The number of carbonyl (C=O) groups excluding carboxylic acids is 1. The molecule has 2 aromatic rings. The van der Waals surface area contributed by atoms with Gasteiger partial charge in [-0.05, 0) is 17.5 Å². The van der Waals surface area contributed by atoms with Crippen molar-refractivity contribution in [2.75, 3.05) is 6.54 Å². The van der Waals surface area contributed by atoms with Gasteiger partial charge < -0.3 is 10.4 Å². The van der Waals surface area contributed by atoms with E-state index < -0.39 is 0 Å². The van der Waals surface area contributed by atoms with Crippen LogP contribution in [0.3, 0.4) is 0 Å². The molecule has 2 rings (SSSR count). The predicted molar refractivity (Wildman–Crippen MR) is 89.2 cm³/mol. The standard InChI is InChI=1S/C17H22N2O2S/c1-17(2,3)15-14(22-11-19-15)16(21)18-9-8-12-4-6-13(10-20)7-5-12/h4-7,11,20H,8-10H2,1-3H3,(H,18,21). The van der Waals surface area contributed by atoms with Gasteiger partial charge in [-0.3, -0.25) is 4.79 Å². The fourth-order valence-electron chi connectivity index (χ4n) is 2.15. The molecule has 0 spiro atoms. The number of hydrogen-bond donors (Lipinski definition) is 2. The van der Waals surface area contributed by atoms with Crippen LogP contribution in [0.1, 0.15) is 47.3 Å². The highest BCUT2D eigenvalue weighted by atomic mass is 32.1. The summed E-state index contributed by atoms with van der Waals surface area (Å²) in [6, 6.07) is 7.76. The molecule has 1 heterocycles. The van der Waals surface area contributed by atoms with E-state index >= 15 is 0 Å². The minimum absolute atomic E-state index is 0.0535. The molecular weight excluding hydrogens is 296 g/mol. The monoisotopic (exact) mass is 318 g/mol. The van der Waals surface area contributed by atoms with Crippen molar-refractivity contribution in [3.8, 4) is 0 Å². The summed E-state index contributed by atoms with van der Waals surface area (Å²) in [7, 11) is 0. The summed E-state index contributed by atoms with van der Waals surface area (Å²) in [6.45, 7) is 6.81. The lowest BCUT2D eigenvalue weighted by molar-refractivity contribution is 0.0956. The first-order valence-corrected chi connectivity index (χ1v) is 8.20. The van der Waals surface area contributed by atoms with E-state index in [1.165, 1.54) is 11.3 Å². The third-order valence-electron chi connectivity index (χ3n) is 3.39. The molecule has 22 heavy (non-hydrogen) atoms. The molecule has 0 unspecified atom stereocenters. The Kier molecular flexibility index (Phi) is 5.32. The van der Waals surface area contributed by atoms with Gasteiger partial charge in [0, 0.05) is 12.0 Å². The van der Waals surface area contributed by atoms with Crippen molar-refractivity contribution >= 4 is 17.2 Å². The molecule has 0 radical (unpaired) electrons. The number of rotatable bonds is 5. The molecule has 0 fully saturated rings.